The highest BCUT2D eigenvalue weighted by Gasteiger charge is 2.26. The number of nitrogens with zero attached hydrogens (tertiary/aromatic N) is 4. The third kappa shape index (κ3) is 3.70. The minimum Gasteiger partial charge on any atom is -0.388 e. The number of hydrogen-bond donors (Lipinski definition) is 3. The molecule has 1 aromatic carbocycles. The number of pyridine rings is 1. The average molecular weight is 455 g/mol. The third-order valence-corrected chi connectivity index (χ3v) is 6.71. The molecule has 5 aromatic rings. The van der Waals surface area contributed by atoms with Crippen molar-refractivity contribution in [3.8, 4) is 33.6 Å². The van der Waals surface area contributed by atoms with E-state index in [1.807, 2.05) is 62.2 Å². The molecule has 1 fully saturated rings. The number of aliphatic hydroxyl groups excluding tert-OH is 1. The van der Waals surface area contributed by atoms with E-state index < -0.39 is 6.10 Å². The molecule has 0 radical (unpaired) electrons. The zero-order valence-corrected chi connectivity index (χ0v) is 18.9. The van der Waals surface area contributed by atoms with Gasteiger partial charge in [0.25, 0.3) is 0 Å². The average Bonchev–Trinajstić information content (AvgIpc) is 3.63. The van der Waals surface area contributed by atoms with Gasteiger partial charge in [0.05, 0.1) is 23.7 Å². The van der Waals surface area contributed by atoms with Crippen LogP contribution in [0.25, 0.3) is 44.7 Å². The van der Waals surface area contributed by atoms with Crippen molar-refractivity contribution in [1.29, 1.82) is 0 Å². The van der Waals surface area contributed by atoms with Crippen LogP contribution in [-0.4, -0.2) is 48.3 Å². The summed E-state index contributed by atoms with van der Waals surface area (Å²) in [6.07, 6.45) is 8.80. The maximum Gasteiger partial charge on any atom is 0.137 e. The van der Waals surface area contributed by atoms with Crippen molar-refractivity contribution >= 4 is 11.0 Å². The van der Waals surface area contributed by atoms with Crippen LogP contribution in [0, 0.1) is 5.92 Å². The van der Waals surface area contributed by atoms with E-state index in [9.17, 15) is 5.11 Å². The molecule has 34 heavy (non-hydrogen) atoms. The molecule has 1 saturated heterocycles. The number of nitrogens with one attached hydrogen (secondary N) is 2. The Kier molecular flexibility index (Phi) is 5.24. The lowest BCUT2D eigenvalue weighted by atomic mass is 9.86. The minimum atomic E-state index is -0.536. The number of benzene rings is 1. The lowest BCUT2D eigenvalue weighted by Gasteiger charge is -2.28. The first-order valence-corrected chi connectivity index (χ1v) is 11.5. The van der Waals surface area contributed by atoms with Crippen LogP contribution in [0.4, 0.5) is 0 Å². The highest BCUT2D eigenvalue weighted by atomic mass is 16.5. The summed E-state index contributed by atoms with van der Waals surface area (Å²) in [5.41, 5.74) is 7.38. The maximum atomic E-state index is 11.2. The van der Waals surface area contributed by atoms with Gasteiger partial charge in [-0.1, -0.05) is 24.3 Å². The van der Waals surface area contributed by atoms with Crippen LogP contribution in [0.1, 0.15) is 24.5 Å². The van der Waals surface area contributed by atoms with E-state index in [4.69, 9.17) is 4.74 Å². The molecule has 0 saturated carbocycles. The monoisotopic (exact) mass is 454 g/mol. The van der Waals surface area contributed by atoms with Crippen LogP contribution < -0.4 is 0 Å². The lowest BCUT2D eigenvalue weighted by molar-refractivity contribution is 0.00738. The topological polar surface area (TPSA) is 105 Å². The van der Waals surface area contributed by atoms with Gasteiger partial charge in [-0.3, -0.25) is 9.78 Å². The van der Waals surface area contributed by atoms with Crippen LogP contribution >= 0.6 is 0 Å². The molecule has 1 aliphatic rings. The zero-order valence-electron chi connectivity index (χ0n) is 18.9. The van der Waals surface area contributed by atoms with Gasteiger partial charge in [0, 0.05) is 66.5 Å². The van der Waals surface area contributed by atoms with Gasteiger partial charge < -0.3 is 14.8 Å². The Morgan fingerprint density at radius 3 is 2.76 bits per heavy atom. The number of hydrogen-bond acceptors (Lipinski definition) is 5. The van der Waals surface area contributed by atoms with Crippen molar-refractivity contribution < 1.29 is 9.84 Å². The molecular formula is C26H26N6O2. The third-order valence-electron chi connectivity index (χ3n) is 6.71. The van der Waals surface area contributed by atoms with Crippen molar-refractivity contribution in [2.75, 3.05) is 13.2 Å². The summed E-state index contributed by atoms with van der Waals surface area (Å²) in [6.45, 7) is 1.40. The molecule has 3 N–H and O–H groups in total. The van der Waals surface area contributed by atoms with Gasteiger partial charge in [-0.2, -0.15) is 10.2 Å². The molecule has 0 spiro atoms. The molecule has 5 heterocycles. The Bertz CT molecular complexity index is 1440. The molecule has 4 aromatic heterocycles. The van der Waals surface area contributed by atoms with Gasteiger partial charge in [0.15, 0.2) is 0 Å². The van der Waals surface area contributed by atoms with E-state index in [-0.39, 0.29) is 5.92 Å². The maximum absolute atomic E-state index is 11.2. The van der Waals surface area contributed by atoms with Gasteiger partial charge in [-0.15, -0.1) is 0 Å². The van der Waals surface area contributed by atoms with Gasteiger partial charge >= 0.3 is 0 Å². The van der Waals surface area contributed by atoms with Crippen LogP contribution in [0.5, 0.6) is 0 Å². The van der Waals surface area contributed by atoms with Crippen molar-refractivity contribution in [1.82, 2.24) is 29.9 Å². The summed E-state index contributed by atoms with van der Waals surface area (Å²) in [5, 5.41) is 24.2. The van der Waals surface area contributed by atoms with Crippen molar-refractivity contribution in [3.05, 3.63) is 66.7 Å². The number of aromatic amines is 2. The second-order valence-electron chi connectivity index (χ2n) is 8.87. The Labute approximate surface area is 196 Å². The molecule has 8 heteroatoms. The van der Waals surface area contributed by atoms with E-state index in [0.717, 1.165) is 63.1 Å². The summed E-state index contributed by atoms with van der Waals surface area (Å²) in [6, 6.07) is 12.2. The fraction of sp³-hybridized carbons (Fsp3) is 0.269. The number of fused-ring (bicyclic) bond motifs is 1. The summed E-state index contributed by atoms with van der Waals surface area (Å²) in [7, 11) is 1.90. The fourth-order valence-corrected chi connectivity index (χ4v) is 4.83. The predicted molar refractivity (Wildman–Crippen MR) is 130 cm³/mol. The molecule has 1 atom stereocenters. The van der Waals surface area contributed by atoms with Crippen LogP contribution in [-0.2, 0) is 11.8 Å². The number of aliphatic hydroxyl groups is 1. The summed E-state index contributed by atoms with van der Waals surface area (Å²) < 4.78 is 7.26. The highest BCUT2D eigenvalue weighted by Crippen LogP contribution is 2.37. The van der Waals surface area contributed by atoms with Gasteiger partial charge in [0.1, 0.15) is 5.65 Å². The quantitative estimate of drug-likeness (QED) is 0.363. The molecule has 1 aliphatic heterocycles. The van der Waals surface area contributed by atoms with Crippen LogP contribution in [0.3, 0.4) is 0 Å². The van der Waals surface area contributed by atoms with Gasteiger partial charge in [0.2, 0.25) is 0 Å². The van der Waals surface area contributed by atoms with Gasteiger partial charge in [-0.05, 0) is 36.5 Å². The Morgan fingerprint density at radius 1 is 1.09 bits per heavy atom. The number of aryl methyl sites for hydroxylation is 1. The van der Waals surface area contributed by atoms with Gasteiger partial charge in [-0.25, -0.2) is 4.98 Å². The Balaban J connectivity index is 1.36. The minimum absolute atomic E-state index is 0.197. The molecule has 0 amide bonds. The van der Waals surface area contributed by atoms with Crippen LogP contribution in [0.2, 0.25) is 0 Å². The fourth-order valence-electron chi connectivity index (χ4n) is 4.83. The predicted octanol–water partition coefficient (Wildman–Crippen LogP) is 4.48. The second kappa shape index (κ2) is 8.55. The Morgan fingerprint density at radius 2 is 1.94 bits per heavy atom. The molecular weight excluding hydrogens is 428 g/mol. The highest BCUT2D eigenvalue weighted by molar-refractivity contribution is 5.95. The molecule has 172 valence electrons. The zero-order chi connectivity index (χ0) is 23.1. The smallest absolute Gasteiger partial charge is 0.137 e. The summed E-state index contributed by atoms with van der Waals surface area (Å²) in [5.74, 6) is 0.197. The largest absolute Gasteiger partial charge is 0.388 e. The second-order valence-corrected chi connectivity index (χ2v) is 8.87. The first-order valence-electron chi connectivity index (χ1n) is 11.5. The standard InChI is InChI=1S/C26H26N6O2/c1-32-15-18(13-29-32)17-10-21-22(14-28-26(21)27-12-17)24-11-23(30-31-24)19-4-2-3-5-20(19)25(33)16-6-8-34-9-7-16/h2-5,10-16,25,33H,6-9H2,1H3,(H,27,28)(H,30,31). The molecule has 0 bridgehead atoms. The molecule has 1 unspecified atom stereocenters. The normalized spacial score (nSPS) is 15.7. The number of rotatable bonds is 5. The summed E-state index contributed by atoms with van der Waals surface area (Å²) >= 11 is 0. The molecule has 0 aliphatic carbocycles. The number of aromatic nitrogens is 6. The van der Waals surface area contributed by atoms with E-state index in [0.29, 0.717) is 13.2 Å². The first-order chi connectivity index (χ1) is 16.7. The van der Waals surface area contributed by atoms with E-state index in [1.54, 1.807) is 4.68 Å². The molecule has 6 rings (SSSR count). The summed E-state index contributed by atoms with van der Waals surface area (Å²) in [4.78, 5) is 7.85. The Hall–Kier alpha value is -3.75. The van der Waals surface area contributed by atoms with Crippen molar-refractivity contribution in [3.63, 3.8) is 0 Å². The van der Waals surface area contributed by atoms with Crippen molar-refractivity contribution in [2.24, 2.45) is 13.0 Å². The SMILES string of the molecule is Cn1cc(-c2cnc3[nH]cc(-c4cc(-c5ccccc5C(O)C5CCOCC5)[nH]n4)c3c2)cn1. The number of H-pyrrole nitrogens is 2. The van der Waals surface area contributed by atoms with Crippen molar-refractivity contribution in [2.45, 2.75) is 18.9 Å². The first kappa shape index (κ1) is 20.8. The molecule has 8 nitrogen and oxygen atoms in total. The van der Waals surface area contributed by atoms with E-state index in [2.05, 4.69) is 31.3 Å². The van der Waals surface area contributed by atoms with Crippen LogP contribution in [0.15, 0.2) is 61.2 Å². The number of ether oxygens (including phenoxy) is 1. The van der Waals surface area contributed by atoms with E-state index >= 15 is 0 Å². The lowest BCUT2D eigenvalue weighted by Crippen LogP contribution is -2.22. The van der Waals surface area contributed by atoms with E-state index in [1.165, 1.54) is 0 Å².